The Balaban J connectivity index is 1.51. The van der Waals surface area contributed by atoms with Crippen LogP contribution < -0.4 is 5.56 Å². The van der Waals surface area contributed by atoms with Crippen molar-refractivity contribution in [3.63, 3.8) is 0 Å². The van der Waals surface area contributed by atoms with Crippen molar-refractivity contribution in [3.8, 4) is 5.82 Å². The van der Waals surface area contributed by atoms with E-state index in [9.17, 15) is 4.79 Å². The molecule has 5 heterocycles. The van der Waals surface area contributed by atoms with Gasteiger partial charge in [-0.3, -0.25) is 9.20 Å². The summed E-state index contributed by atoms with van der Waals surface area (Å²) in [5.74, 6) is 0.472. The normalized spacial score (nSPS) is 24.0. The average molecular weight is 435 g/mol. The summed E-state index contributed by atoms with van der Waals surface area (Å²) >= 11 is 0. The van der Waals surface area contributed by atoms with E-state index < -0.39 is 5.60 Å². The monoisotopic (exact) mass is 434 g/mol. The summed E-state index contributed by atoms with van der Waals surface area (Å²) in [6.45, 7) is 4.02. The summed E-state index contributed by atoms with van der Waals surface area (Å²) in [5, 5.41) is 8.65. The Bertz CT molecular complexity index is 1340. The number of hydrogen-bond acceptors (Lipinski definition) is 6. The summed E-state index contributed by atoms with van der Waals surface area (Å²) < 4.78 is 17.1. The highest BCUT2D eigenvalue weighted by molar-refractivity contribution is 5.80. The fraction of sp³-hybridized carbons (Fsp3) is 0.478. The van der Waals surface area contributed by atoms with E-state index in [0.717, 1.165) is 62.0 Å². The largest absolute Gasteiger partial charge is 0.376 e. The van der Waals surface area contributed by atoms with Gasteiger partial charge in [-0.25, -0.2) is 4.98 Å². The zero-order valence-electron chi connectivity index (χ0n) is 18.1. The second-order valence-corrected chi connectivity index (χ2v) is 8.91. The molecule has 9 heteroatoms. The van der Waals surface area contributed by atoms with E-state index in [1.165, 1.54) is 0 Å². The molecule has 166 valence electrons. The third-order valence-corrected chi connectivity index (χ3v) is 6.76. The van der Waals surface area contributed by atoms with Gasteiger partial charge in [-0.1, -0.05) is 17.3 Å². The highest BCUT2D eigenvalue weighted by atomic mass is 16.5. The number of para-hydroxylation sites is 2. The van der Waals surface area contributed by atoms with E-state index in [1.807, 2.05) is 46.4 Å². The van der Waals surface area contributed by atoms with Gasteiger partial charge in [0.05, 0.1) is 29.9 Å². The first-order valence-electron chi connectivity index (χ1n) is 11.3. The number of ether oxygens (including phenoxy) is 2. The molecule has 2 aliphatic rings. The molecule has 6 rings (SSSR count). The minimum absolute atomic E-state index is 0.0381. The van der Waals surface area contributed by atoms with Crippen LogP contribution in [0.25, 0.3) is 22.4 Å². The first-order chi connectivity index (χ1) is 15.6. The molecule has 0 amide bonds. The Morgan fingerprint density at radius 1 is 1.16 bits per heavy atom. The number of imidazole rings is 1. The van der Waals surface area contributed by atoms with Crippen LogP contribution in [0.15, 0.2) is 41.6 Å². The fourth-order valence-electron chi connectivity index (χ4n) is 4.95. The van der Waals surface area contributed by atoms with E-state index in [4.69, 9.17) is 9.47 Å². The van der Waals surface area contributed by atoms with Gasteiger partial charge in [0.25, 0.3) is 5.56 Å². The Labute approximate surface area is 184 Å². The van der Waals surface area contributed by atoms with Crippen LogP contribution in [0.3, 0.4) is 0 Å². The number of hydrogen-bond donors (Lipinski definition) is 0. The number of aromatic nitrogens is 6. The molecule has 32 heavy (non-hydrogen) atoms. The lowest BCUT2D eigenvalue weighted by molar-refractivity contribution is 0.00619. The van der Waals surface area contributed by atoms with Crippen LogP contribution in [-0.2, 0) is 21.6 Å². The van der Waals surface area contributed by atoms with Gasteiger partial charge in [-0.15, -0.1) is 5.10 Å². The van der Waals surface area contributed by atoms with Gasteiger partial charge in [0.15, 0.2) is 11.3 Å². The molecular weight excluding hydrogens is 408 g/mol. The molecule has 3 aromatic heterocycles. The highest BCUT2D eigenvalue weighted by Crippen LogP contribution is 2.34. The molecule has 0 spiro atoms. The first kappa shape index (κ1) is 19.6. The van der Waals surface area contributed by atoms with Gasteiger partial charge >= 0.3 is 0 Å². The van der Waals surface area contributed by atoms with Crippen molar-refractivity contribution in [2.24, 2.45) is 0 Å². The zero-order chi connectivity index (χ0) is 21.7. The summed E-state index contributed by atoms with van der Waals surface area (Å²) in [6, 6.07) is 7.91. The smallest absolute Gasteiger partial charge is 0.279 e. The van der Waals surface area contributed by atoms with Crippen molar-refractivity contribution in [2.75, 3.05) is 13.2 Å². The third-order valence-electron chi connectivity index (χ3n) is 6.76. The van der Waals surface area contributed by atoms with E-state index in [2.05, 4.69) is 15.3 Å². The SMILES string of the molecule is CC1(c2cn(-c3ncn4c3c(=O)n(CC3CCCCO3)c3ccccc34)nn2)CCCO1. The maximum absolute atomic E-state index is 13.8. The molecule has 1 aromatic carbocycles. The fourth-order valence-corrected chi connectivity index (χ4v) is 4.95. The van der Waals surface area contributed by atoms with E-state index in [-0.39, 0.29) is 11.7 Å². The number of rotatable bonds is 4. The van der Waals surface area contributed by atoms with Crippen LogP contribution >= 0.6 is 0 Å². The summed E-state index contributed by atoms with van der Waals surface area (Å²) in [7, 11) is 0. The lowest BCUT2D eigenvalue weighted by Crippen LogP contribution is -2.32. The molecule has 0 N–H and O–H groups in total. The van der Waals surface area contributed by atoms with E-state index in [1.54, 1.807) is 11.0 Å². The molecule has 2 fully saturated rings. The predicted molar refractivity (Wildman–Crippen MR) is 118 cm³/mol. The lowest BCUT2D eigenvalue weighted by atomic mass is 10.00. The van der Waals surface area contributed by atoms with Gasteiger partial charge in [-0.05, 0) is 51.2 Å². The molecule has 0 bridgehead atoms. The predicted octanol–water partition coefficient (Wildman–Crippen LogP) is 2.82. The number of nitrogens with zero attached hydrogens (tertiary/aromatic N) is 6. The van der Waals surface area contributed by atoms with Gasteiger partial charge in [0.1, 0.15) is 17.6 Å². The molecule has 2 unspecified atom stereocenters. The Morgan fingerprint density at radius 3 is 2.81 bits per heavy atom. The van der Waals surface area contributed by atoms with E-state index in [0.29, 0.717) is 17.9 Å². The second kappa shape index (κ2) is 7.53. The van der Waals surface area contributed by atoms with Gasteiger partial charge in [-0.2, -0.15) is 4.68 Å². The van der Waals surface area contributed by atoms with Gasteiger partial charge in [0, 0.05) is 13.2 Å². The number of fused-ring (bicyclic) bond motifs is 3. The maximum atomic E-state index is 13.8. The molecule has 0 aliphatic carbocycles. The maximum Gasteiger partial charge on any atom is 0.279 e. The quantitative estimate of drug-likeness (QED) is 0.491. The first-order valence-corrected chi connectivity index (χ1v) is 11.3. The van der Waals surface area contributed by atoms with Crippen LogP contribution in [0.1, 0.15) is 44.7 Å². The summed E-state index contributed by atoms with van der Waals surface area (Å²) in [6.07, 6.45) is 8.61. The molecular formula is C23H26N6O3. The molecule has 0 saturated carbocycles. The topological polar surface area (TPSA) is 88.5 Å². The molecule has 2 aliphatic heterocycles. The Kier molecular flexibility index (Phi) is 4.62. The van der Waals surface area contributed by atoms with E-state index >= 15 is 0 Å². The van der Waals surface area contributed by atoms with Crippen LogP contribution in [0, 0.1) is 0 Å². The van der Waals surface area contributed by atoms with Crippen molar-refractivity contribution in [1.82, 2.24) is 28.9 Å². The van der Waals surface area contributed by atoms with Crippen molar-refractivity contribution >= 4 is 16.6 Å². The Hall–Kier alpha value is -3.04. The minimum atomic E-state index is -0.445. The van der Waals surface area contributed by atoms with Gasteiger partial charge in [0.2, 0.25) is 0 Å². The summed E-state index contributed by atoms with van der Waals surface area (Å²) in [5.41, 5.74) is 2.48. The van der Waals surface area contributed by atoms with Gasteiger partial charge < -0.3 is 14.0 Å². The third kappa shape index (κ3) is 3.07. The van der Waals surface area contributed by atoms with Crippen molar-refractivity contribution < 1.29 is 9.47 Å². The Morgan fingerprint density at radius 2 is 2.03 bits per heavy atom. The molecule has 2 saturated heterocycles. The lowest BCUT2D eigenvalue weighted by Gasteiger charge is -2.24. The van der Waals surface area contributed by atoms with Crippen molar-refractivity contribution in [2.45, 2.75) is 57.3 Å². The average Bonchev–Trinajstić information content (AvgIpc) is 3.57. The second-order valence-electron chi connectivity index (χ2n) is 8.91. The van der Waals surface area contributed by atoms with Crippen LogP contribution in [-0.4, -0.2) is 48.3 Å². The van der Waals surface area contributed by atoms with Crippen LogP contribution in [0.4, 0.5) is 0 Å². The number of benzene rings is 1. The zero-order valence-corrected chi connectivity index (χ0v) is 18.1. The highest BCUT2D eigenvalue weighted by Gasteiger charge is 2.35. The van der Waals surface area contributed by atoms with Crippen LogP contribution in [0.2, 0.25) is 0 Å². The molecule has 4 aromatic rings. The molecule has 9 nitrogen and oxygen atoms in total. The molecule has 0 radical (unpaired) electrons. The minimum Gasteiger partial charge on any atom is -0.376 e. The standard InChI is InChI=1S/C23H26N6O3/c1-23(10-6-12-32-23)19-14-29(26-25-19)21-20-22(30)27(13-16-7-4-5-11-31-16)17-8-2-3-9-18(17)28(20)15-24-21/h2-3,8-9,14-16H,4-7,10-13H2,1H3. The summed E-state index contributed by atoms with van der Waals surface area (Å²) in [4.78, 5) is 18.3. The van der Waals surface area contributed by atoms with Crippen molar-refractivity contribution in [1.29, 1.82) is 0 Å². The van der Waals surface area contributed by atoms with Crippen molar-refractivity contribution in [3.05, 3.63) is 52.8 Å². The molecule has 2 atom stereocenters. The van der Waals surface area contributed by atoms with Crippen LogP contribution in [0.5, 0.6) is 0 Å².